The highest BCUT2D eigenvalue weighted by molar-refractivity contribution is 7.89. The first-order valence-corrected chi connectivity index (χ1v) is 9.99. The highest BCUT2D eigenvalue weighted by atomic mass is 35.5. The fourth-order valence-electron chi connectivity index (χ4n) is 3.63. The predicted molar refractivity (Wildman–Crippen MR) is 96.1 cm³/mol. The molecule has 11 heteroatoms. The molecule has 0 atom stereocenters. The van der Waals surface area contributed by atoms with Gasteiger partial charge in [0.25, 0.3) is 0 Å². The Balaban J connectivity index is 0.00000210. The maximum absolute atomic E-state index is 13.9. The fraction of sp³-hybridized carbons (Fsp3) is 0.500. The molecule has 2 aromatic rings. The Morgan fingerprint density at radius 1 is 1.07 bits per heavy atom. The molecule has 148 valence electrons. The van der Waals surface area contributed by atoms with Gasteiger partial charge in [-0.25, -0.2) is 17.2 Å². The second kappa shape index (κ2) is 7.78. The number of nitrogens with one attached hydrogen (secondary N) is 1. The number of hydrogen-bond donors (Lipinski definition) is 1. The van der Waals surface area contributed by atoms with Crippen molar-refractivity contribution in [3.8, 4) is 0 Å². The van der Waals surface area contributed by atoms with Gasteiger partial charge >= 0.3 is 0 Å². The maximum atomic E-state index is 13.9. The van der Waals surface area contributed by atoms with Gasteiger partial charge in [-0.15, -0.1) is 22.6 Å². The van der Waals surface area contributed by atoms with E-state index in [0.717, 1.165) is 47.2 Å². The Morgan fingerprint density at radius 2 is 1.74 bits per heavy atom. The number of rotatable bonds is 3. The topological polar surface area (TPSA) is 80.1 Å². The molecule has 0 amide bonds. The van der Waals surface area contributed by atoms with Crippen LogP contribution >= 0.6 is 12.4 Å². The molecule has 0 bridgehead atoms. The molecule has 1 saturated heterocycles. The van der Waals surface area contributed by atoms with Crippen LogP contribution in [-0.4, -0.2) is 47.1 Å². The summed E-state index contributed by atoms with van der Waals surface area (Å²) in [5.41, 5.74) is 0. The van der Waals surface area contributed by atoms with Crippen molar-refractivity contribution in [3.63, 3.8) is 0 Å². The first kappa shape index (κ1) is 20.1. The van der Waals surface area contributed by atoms with E-state index in [4.69, 9.17) is 0 Å². The lowest BCUT2D eigenvalue weighted by atomic mass is 9.97. The van der Waals surface area contributed by atoms with Crippen molar-refractivity contribution in [1.29, 1.82) is 0 Å². The van der Waals surface area contributed by atoms with E-state index in [1.54, 1.807) is 0 Å². The molecule has 0 spiro atoms. The first-order valence-electron chi connectivity index (χ1n) is 8.55. The fourth-order valence-corrected chi connectivity index (χ4v) is 5.21. The average Bonchev–Trinajstić information content (AvgIpc) is 3.05. The van der Waals surface area contributed by atoms with Gasteiger partial charge in [-0.3, -0.25) is 0 Å². The molecule has 0 aliphatic carbocycles. The summed E-state index contributed by atoms with van der Waals surface area (Å²) in [6, 6.07) is 3.07. The summed E-state index contributed by atoms with van der Waals surface area (Å²) in [5.74, 6) is -0.283. The predicted octanol–water partition coefficient (Wildman–Crippen LogP) is 1.65. The van der Waals surface area contributed by atoms with E-state index < -0.39 is 26.6 Å². The number of nitrogens with zero attached hydrogens (tertiary/aromatic N) is 4. The second-order valence-electron chi connectivity index (χ2n) is 6.53. The zero-order valence-corrected chi connectivity index (χ0v) is 16.1. The number of aromatic nitrogens is 3. The molecule has 3 heterocycles. The van der Waals surface area contributed by atoms with Crippen molar-refractivity contribution >= 4 is 22.4 Å². The Morgan fingerprint density at radius 3 is 2.41 bits per heavy atom. The minimum absolute atomic E-state index is 0. The van der Waals surface area contributed by atoms with Crippen molar-refractivity contribution in [2.75, 3.05) is 19.6 Å². The number of halogens is 3. The van der Waals surface area contributed by atoms with Gasteiger partial charge in [0.2, 0.25) is 10.0 Å². The number of sulfonamides is 1. The summed E-state index contributed by atoms with van der Waals surface area (Å²) in [5, 5.41) is 11.7. The van der Waals surface area contributed by atoms with Crippen LogP contribution in [0.3, 0.4) is 0 Å². The summed E-state index contributed by atoms with van der Waals surface area (Å²) in [6.07, 6.45) is 1.09. The van der Waals surface area contributed by atoms with E-state index in [1.807, 2.05) is 0 Å². The Bertz CT molecular complexity index is 909. The molecule has 1 aromatic heterocycles. The van der Waals surface area contributed by atoms with E-state index in [1.165, 1.54) is 0 Å². The van der Waals surface area contributed by atoms with Crippen molar-refractivity contribution in [2.45, 2.75) is 36.7 Å². The Hall–Kier alpha value is -1.62. The molecule has 2 aliphatic heterocycles. The highest BCUT2D eigenvalue weighted by Crippen LogP contribution is 2.31. The lowest BCUT2D eigenvalue weighted by Crippen LogP contribution is -2.39. The number of piperidine rings is 1. The zero-order chi connectivity index (χ0) is 18.3. The van der Waals surface area contributed by atoms with Gasteiger partial charge in [-0.1, -0.05) is 6.07 Å². The molecule has 27 heavy (non-hydrogen) atoms. The normalized spacial score (nSPS) is 18.7. The number of benzene rings is 1. The summed E-state index contributed by atoms with van der Waals surface area (Å²) < 4.78 is 56.4. The largest absolute Gasteiger partial charge is 0.312 e. The van der Waals surface area contributed by atoms with Gasteiger partial charge < -0.3 is 9.88 Å². The third-order valence-corrected chi connectivity index (χ3v) is 6.94. The summed E-state index contributed by atoms with van der Waals surface area (Å²) in [7, 11) is -4.20. The molecule has 2 aliphatic rings. The van der Waals surface area contributed by atoms with Crippen LogP contribution in [0.1, 0.15) is 30.4 Å². The molecular formula is C16H20ClF2N5O2S. The molecule has 0 unspecified atom stereocenters. The van der Waals surface area contributed by atoms with Gasteiger partial charge in [0.1, 0.15) is 23.3 Å². The van der Waals surface area contributed by atoms with Crippen LogP contribution in [0.25, 0.3) is 0 Å². The van der Waals surface area contributed by atoms with Crippen molar-refractivity contribution < 1.29 is 17.2 Å². The smallest absolute Gasteiger partial charge is 0.248 e. The first-order chi connectivity index (χ1) is 12.5. The summed E-state index contributed by atoms with van der Waals surface area (Å²) in [4.78, 5) is -0.871. The van der Waals surface area contributed by atoms with Crippen LogP contribution in [0, 0.1) is 11.6 Å². The van der Waals surface area contributed by atoms with Crippen molar-refractivity contribution in [1.82, 2.24) is 24.4 Å². The van der Waals surface area contributed by atoms with Crippen LogP contribution in [0.15, 0.2) is 23.1 Å². The third kappa shape index (κ3) is 3.58. The van der Waals surface area contributed by atoms with Gasteiger partial charge in [0, 0.05) is 32.1 Å². The SMILES string of the molecule is Cl.O=S(=O)(c1c(F)cccc1F)N1CCC(c2nnc3n2CCNC3)CC1. The monoisotopic (exact) mass is 419 g/mol. The molecule has 1 N–H and O–H groups in total. The van der Waals surface area contributed by atoms with Gasteiger partial charge in [0.15, 0.2) is 4.90 Å². The Kier molecular flexibility index (Phi) is 5.80. The number of fused-ring (bicyclic) bond motifs is 1. The molecule has 4 rings (SSSR count). The van der Waals surface area contributed by atoms with Crippen LogP contribution < -0.4 is 5.32 Å². The van der Waals surface area contributed by atoms with E-state index >= 15 is 0 Å². The second-order valence-corrected chi connectivity index (χ2v) is 8.41. The summed E-state index contributed by atoms with van der Waals surface area (Å²) >= 11 is 0. The van der Waals surface area contributed by atoms with Crippen molar-refractivity contribution in [3.05, 3.63) is 41.5 Å². The van der Waals surface area contributed by atoms with Crippen LogP contribution in [-0.2, 0) is 23.1 Å². The molecule has 0 saturated carbocycles. The maximum Gasteiger partial charge on any atom is 0.248 e. The molecular weight excluding hydrogens is 400 g/mol. The van der Waals surface area contributed by atoms with Gasteiger partial charge in [-0.2, -0.15) is 4.31 Å². The van der Waals surface area contributed by atoms with Crippen molar-refractivity contribution in [2.24, 2.45) is 0 Å². The van der Waals surface area contributed by atoms with Crippen LogP contribution in [0.4, 0.5) is 8.78 Å². The minimum atomic E-state index is -4.20. The van der Waals surface area contributed by atoms with Gasteiger partial charge in [0.05, 0.1) is 6.54 Å². The van der Waals surface area contributed by atoms with E-state index in [0.29, 0.717) is 19.4 Å². The standard InChI is InChI=1S/C16H19F2N5O2S.ClH/c17-12-2-1-3-13(18)15(12)26(24,25)22-7-4-11(5-8-22)16-21-20-14-10-19-6-9-23(14)16;/h1-3,11,19H,4-10H2;1H. The van der Waals surface area contributed by atoms with Crippen LogP contribution in [0.2, 0.25) is 0 Å². The zero-order valence-electron chi connectivity index (χ0n) is 14.4. The lowest BCUT2D eigenvalue weighted by Gasteiger charge is -2.31. The average molecular weight is 420 g/mol. The van der Waals surface area contributed by atoms with E-state index in [2.05, 4.69) is 20.1 Å². The third-order valence-electron chi connectivity index (χ3n) is 4.99. The minimum Gasteiger partial charge on any atom is -0.312 e. The molecule has 0 radical (unpaired) electrons. The molecule has 1 fully saturated rings. The summed E-state index contributed by atoms with van der Waals surface area (Å²) in [6.45, 7) is 2.70. The lowest BCUT2D eigenvalue weighted by molar-refractivity contribution is 0.305. The van der Waals surface area contributed by atoms with Gasteiger partial charge in [-0.05, 0) is 25.0 Å². The van der Waals surface area contributed by atoms with E-state index in [9.17, 15) is 17.2 Å². The van der Waals surface area contributed by atoms with E-state index in [-0.39, 0.29) is 31.4 Å². The molecule has 1 aromatic carbocycles. The molecule has 7 nitrogen and oxygen atoms in total. The number of hydrogen-bond acceptors (Lipinski definition) is 5. The Labute approximate surface area is 162 Å². The highest BCUT2D eigenvalue weighted by Gasteiger charge is 2.35. The van der Waals surface area contributed by atoms with Crippen LogP contribution in [0.5, 0.6) is 0 Å². The quantitative estimate of drug-likeness (QED) is 0.818.